The van der Waals surface area contributed by atoms with Crippen LogP contribution in [0.15, 0.2) is 0 Å². The third kappa shape index (κ3) is 3.39. The summed E-state index contributed by atoms with van der Waals surface area (Å²) in [5, 5.41) is 2.22. The van der Waals surface area contributed by atoms with Gasteiger partial charge in [-0.15, -0.1) is 0 Å². The van der Waals surface area contributed by atoms with Gasteiger partial charge < -0.3 is 5.32 Å². The van der Waals surface area contributed by atoms with Crippen LogP contribution in [0.5, 0.6) is 0 Å². The van der Waals surface area contributed by atoms with Crippen LogP contribution in [0, 0.1) is 0 Å². The minimum atomic E-state index is 0.537. The van der Waals surface area contributed by atoms with Gasteiger partial charge in [0, 0.05) is 0 Å². The average Bonchev–Trinajstić information content (AvgIpc) is 1.68. The SMILES string of the molecule is CCC(=S)N[C]=O. The molecule has 0 heterocycles. The number of nitrogens with one attached hydrogen (secondary N) is 1. The molecule has 0 fully saturated rings. The number of thiocarbonyl (C=S) groups is 1. The Morgan fingerprint density at radius 2 is 2.57 bits per heavy atom. The van der Waals surface area contributed by atoms with Crippen molar-refractivity contribution in [3.63, 3.8) is 0 Å². The molecule has 0 aromatic carbocycles. The summed E-state index contributed by atoms with van der Waals surface area (Å²) in [6, 6.07) is 0. The second kappa shape index (κ2) is 3.74. The van der Waals surface area contributed by atoms with Crippen molar-refractivity contribution in [2.24, 2.45) is 0 Å². The van der Waals surface area contributed by atoms with Crippen molar-refractivity contribution in [1.82, 2.24) is 5.32 Å². The van der Waals surface area contributed by atoms with Crippen molar-refractivity contribution in [3.8, 4) is 0 Å². The van der Waals surface area contributed by atoms with Crippen LogP contribution < -0.4 is 5.32 Å². The first-order valence-electron chi connectivity index (χ1n) is 1.97. The highest BCUT2D eigenvalue weighted by molar-refractivity contribution is 7.80. The van der Waals surface area contributed by atoms with Crippen molar-refractivity contribution >= 4 is 23.6 Å². The Morgan fingerprint density at radius 3 is 2.71 bits per heavy atom. The predicted octanol–water partition coefficient (Wildman–Crippen LogP) is 0.381. The first-order chi connectivity index (χ1) is 3.31. The molecule has 0 aromatic heterocycles. The van der Waals surface area contributed by atoms with Gasteiger partial charge in [0.2, 0.25) is 0 Å². The van der Waals surface area contributed by atoms with Gasteiger partial charge >= 0.3 is 6.41 Å². The number of rotatable bonds is 2. The first kappa shape index (κ1) is 6.56. The number of hydrogen-bond donors (Lipinski definition) is 1. The molecule has 39 valence electrons. The van der Waals surface area contributed by atoms with E-state index in [0.29, 0.717) is 11.4 Å². The Labute approximate surface area is 47.9 Å². The Hall–Kier alpha value is -0.440. The molecule has 0 saturated carbocycles. The molecule has 1 N–H and O–H groups in total. The number of hydrogen-bond acceptors (Lipinski definition) is 2. The van der Waals surface area contributed by atoms with Gasteiger partial charge in [0.05, 0.1) is 4.99 Å². The van der Waals surface area contributed by atoms with Gasteiger partial charge in [-0.1, -0.05) is 19.1 Å². The van der Waals surface area contributed by atoms with Crippen LogP contribution in [-0.4, -0.2) is 11.4 Å². The summed E-state index contributed by atoms with van der Waals surface area (Å²) in [6.45, 7) is 1.87. The van der Waals surface area contributed by atoms with Gasteiger partial charge in [-0.3, -0.25) is 4.79 Å². The van der Waals surface area contributed by atoms with Crippen LogP contribution in [0.1, 0.15) is 13.3 Å². The minimum Gasteiger partial charge on any atom is -0.312 e. The Morgan fingerprint density at radius 1 is 2.00 bits per heavy atom. The predicted molar refractivity (Wildman–Crippen MR) is 31.7 cm³/mol. The van der Waals surface area contributed by atoms with Crippen LogP contribution in [0.25, 0.3) is 0 Å². The topological polar surface area (TPSA) is 29.1 Å². The fourth-order valence-electron chi connectivity index (χ4n) is 0.145. The zero-order valence-electron chi connectivity index (χ0n) is 4.02. The lowest BCUT2D eigenvalue weighted by Crippen LogP contribution is -2.17. The molecule has 0 aromatic rings. The van der Waals surface area contributed by atoms with Crippen LogP contribution in [0.4, 0.5) is 0 Å². The fraction of sp³-hybridized carbons (Fsp3) is 0.500. The second-order valence-electron chi connectivity index (χ2n) is 1.00. The third-order valence-corrected chi connectivity index (χ3v) is 0.902. The van der Waals surface area contributed by atoms with Gasteiger partial charge in [0.25, 0.3) is 0 Å². The summed E-state index contributed by atoms with van der Waals surface area (Å²) in [6.07, 6.45) is 2.18. The molecule has 3 heteroatoms. The Balaban J connectivity index is 3.17. The van der Waals surface area contributed by atoms with E-state index in [1.165, 1.54) is 6.41 Å². The molecule has 7 heavy (non-hydrogen) atoms. The zero-order chi connectivity index (χ0) is 5.70. The lowest BCUT2D eigenvalue weighted by Gasteiger charge is -1.89. The number of amides is 1. The van der Waals surface area contributed by atoms with E-state index in [9.17, 15) is 4.79 Å². The summed E-state index contributed by atoms with van der Waals surface area (Å²) in [4.78, 5) is 9.99. The van der Waals surface area contributed by atoms with E-state index in [1.807, 2.05) is 6.92 Å². The van der Waals surface area contributed by atoms with E-state index in [2.05, 4.69) is 17.5 Å². The molecule has 1 amide bonds. The highest BCUT2D eigenvalue weighted by Gasteiger charge is 1.84. The summed E-state index contributed by atoms with van der Waals surface area (Å²) >= 11 is 4.58. The zero-order valence-corrected chi connectivity index (χ0v) is 4.84. The van der Waals surface area contributed by atoms with Crippen molar-refractivity contribution in [3.05, 3.63) is 0 Å². The van der Waals surface area contributed by atoms with Crippen LogP contribution in [-0.2, 0) is 4.79 Å². The monoisotopic (exact) mass is 116 g/mol. The normalized spacial score (nSPS) is 7.57. The van der Waals surface area contributed by atoms with Gasteiger partial charge in [-0.2, -0.15) is 0 Å². The summed E-state index contributed by atoms with van der Waals surface area (Å²) in [5.41, 5.74) is 0. The van der Waals surface area contributed by atoms with Crippen LogP contribution >= 0.6 is 12.2 Å². The van der Waals surface area contributed by atoms with Gasteiger partial charge in [0.1, 0.15) is 0 Å². The molecule has 0 atom stereocenters. The maximum atomic E-state index is 9.45. The molecule has 0 aliphatic carbocycles. The molecular formula is C4H6NOS. The average molecular weight is 116 g/mol. The largest absolute Gasteiger partial charge is 0.314 e. The molecule has 2 nitrogen and oxygen atoms in total. The molecule has 1 radical (unpaired) electrons. The second-order valence-corrected chi connectivity index (χ2v) is 1.50. The molecule has 0 spiro atoms. The van der Waals surface area contributed by atoms with E-state index in [-0.39, 0.29) is 0 Å². The maximum absolute atomic E-state index is 9.45. The first-order valence-corrected chi connectivity index (χ1v) is 2.38. The summed E-state index contributed by atoms with van der Waals surface area (Å²) in [5.74, 6) is 0. The van der Waals surface area contributed by atoms with E-state index < -0.39 is 0 Å². The summed E-state index contributed by atoms with van der Waals surface area (Å²) in [7, 11) is 0. The molecule has 0 aliphatic rings. The van der Waals surface area contributed by atoms with E-state index >= 15 is 0 Å². The standard InChI is InChI=1S/C4H6NOS/c1-2-4(7)5-3-6/h2H2,1H3,(H,5,6,7). The minimum absolute atomic E-state index is 0.537. The van der Waals surface area contributed by atoms with Crippen molar-refractivity contribution in [2.45, 2.75) is 13.3 Å². The van der Waals surface area contributed by atoms with Crippen LogP contribution in [0.3, 0.4) is 0 Å². The van der Waals surface area contributed by atoms with E-state index in [0.717, 1.165) is 0 Å². The fourth-order valence-corrected chi connectivity index (χ4v) is 0.187. The van der Waals surface area contributed by atoms with Crippen LogP contribution in [0.2, 0.25) is 0 Å². The molecule has 0 rings (SSSR count). The quantitative estimate of drug-likeness (QED) is 0.417. The van der Waals surface area contributed by atoms with Crippen molar-refractivity contribution in [1.29, 1.82) is 0 Å². The Bertz CT molecular complexity index is 81.8. The lowest BCUT2D eigenvalue weighted by atomic mass is 10.5. The highest BCUT2D eigenvalue weighted by Crippen LogP contribution is 1.74. The molecule has 0 saturated heterocycles. The van der Waals surface area contributed by atoms with Gasteiger partial charge in [-0.25, -0.2) is 0 Å². The third-order valence-electron chi connectivity index (χ3n) is 0.512. The molecule has 0 unspecified atom stereocenters. The lowest BCUT2D eigenvalue weighted by molar-refractivity contribution is 0.552. The number of carbonyl (C=O) groups excluding carboxylic acids is 1. The van der Waals surface area contributed by atoms with Gasteiger partial charge in [0.15, 0.2) is 0 Å². The maximum Gasteiger partial charge on any atom is 0.314 e. The van der Waals surface area contributed by atoms with Gasteiger partial charge in [-0.05, 0) is 6.42 Å². The molecular weight excluding hydrogens is 110 g/mol. The molecule has 0 bridgehead atoms. The Kier molecular flexibility index (Phi) is 3.50. The van der Waals surface area contributed by atoms with Crippen molar-refractivity contribution < 1.29 is 4.79 Å². The van der Waals surface area contributed by atoms with E-state index in [4.69, 9.17) is 0 Å². The molecule has 0 aliphatic heterocycles. The highest BCUT2D eigenvalue weighted by atomic mass is 32.1. The summed E-state index contributed by atoms with van der Waals surface area (Å²) < 4.78 is 0. The van der Waals surface area contributed by atoms with E-state index in [1.54, 1.807) is 0 Å². The smallest absolute Gasteiger partial charge is 0.312 e. The van der Waals surface area contributed by atoms with Crippen molar-refractivity contribution in [2.75, 3.05) is 0 Å².